The summed E-state index contributed by atoms with van der Waals surface area (Å²) in [6, 6.07) is 13.0. The number of nitrogens with zero attached hydrogens (tertiary/aromatic N) is 4. The third-order valence-electron chi connectivity index (χ3n) is 6.41. The lowest BCUT2D eigenvalue weighted by atomic mass is 9.90. The molecule has 1 aromatic heterocycles. The fourth-order valence-corrected chi connectivity index (χ4v) is 4.78. The SMILES string of the molecule is CC12CCCCN1c1cc(OCc3ccc(Oc4ccc(Cl)c(F)c4)c(C#N)c3)nc(=O)n1C2. The van der Waals surface area contributed by atoms with Crippen molar-refractivity contribution in [2.75, 3.05) is 11.4 Å². The van der Waals surface area contributed by atoms with Crippen LogP contribution in [0.15, 0.2) is 47.3 Å². The molecule has 2 aromatic carbocycles. The van der Waals surface area contributed by atoms with E-state index in [1.807, 2.05) is 6.07 Å². The third kappa shape index (κ3) is 4.08. The molecular weight excluding hydrogens is 459 g/mol. The third-order valence-corrected chi connectivity index (χ3v) is 6.72. The highest BCUT2D eigenvalue weighted by molar-refractivity contribution is 6.30. The number of rotatable bonds is 5. The average Bonchev–Trinajstić information content (AvgIpc) is 3.13. The van der Waals surface area contributed by atoms with Crippen molar-refractivity contribution >= 4 is 17.4 Å². The molecule has 3 heterocycles. The minimum absolute atomic E-state index is 0.00920. The second-order valence-electron chi connectivity index (χ2n) is 8.84. The second-order valence-corrected chi connectivity index (χ2v) is 9.24. The maximum Gasteiger partial charge on any atom is 0.352 e. The number of fused-ring (bicyclic) bond motifs is 3. The predicted molar refractivity (Wildman–Crippen MR) is 125 cm³/mol. The number of hydrogen-bond acceptors (Lipinski definition) is 6. The molecule has 0 spiro atoms. The summed E-state index contributed by atoms with van der Waals surface area (Å²) < 4.78 is 26.9. The van der Waals surface area contributed by atoms with Gasteiger partial charge in [0.1, 0.15) is 35.8 Å². The molecule has 1 fully saturated rings. The number of piperidine rings is 1. The van der Waals surface area contributed by atoms with Crippen molar-refractivity contribution < 1.29 is 13.9 Å². The summed E-state index contributed by atoms with van der Waals surface area (Å²) in [5.74, 6) is 1.00. The summed E-state index contributed by atoms with van der Waals surface area (Å²) >= 11 is 5.70. The Balaban J connectivity index is 1.33. The van der Waals surface area contributed by atoms with Crippen LogP contribution in [-0.2, 0) is 13.2 Å². The maximum atomic E-state index is 13.7. The Kier molecular flexibility index (Phi) is 5.66. The van der Waals surface area contributed by atoms with Gasteiger partial charge in [-0.05, 0) is 56.0 Å². The Morgan fingerprint density at radius 3 is 2.88 bits per heavy atom. The molecule has 34 heavy (non-hydrogen) atoms. The highest BCUT2D eigenvalue weighted by Gasteiger charge is 2.42. The second kappa shape index (κ2) is 8.65. The van der Waals surface area contributed by atoms with Crippen LogP contribution in [0.5, 0.6) is 17.4 Å². The van der Waals surface area contributed by atoms with E-state index in [-0.39, 0.29) is 45.8 Å². The van der Waals surface area contributed by atoms with Gasteiger partial charge in [-0.2, -0.15) is 10.2 Å². The molecule has 1 saturated heterocycles. The van der Waals surface area contributed by atoms with Gasteiger partial charge in [0.2, 0.25) is 5.88 Å². The minimum atomic E-state index is -0.606. The van der Waals surface area contributed by atoms with Gasteiger partial charge in [-0.15, -0.1) is 0 Å². The first-order chi connectivity index (χ1) is 16.4. The van der Waals surface area contributed by atoms with E-state index in [1.54, 1.807) is 22.8 Å². The lowest BCUT2D eigenvalue weighted by Crippen LogP contribution is -2.47. The van der Waals surface area contributed by atoms with E-state index in [0.29, 0.717) is 12.1 Å². The minimum Gasteiger partial charge on any atom is -0.473 e. The molecule has 2 aliphatic rings. The summed E-state index contributed by atoms with van der Waals surface area (Å²) in [6.45, 7) is 3.85. The monoisotopic (exact) mass is 480 g/mol. The van der Waals surface area contributed by atoms with Crippen molar-refractivity contribution in [3.63, 3.8) is 0 Å². The van der Waals surface area contributed by atoms with Crippen LogP contribution in [0.1, 0.15) is 37.3 Å². The van der Waals surface area contributed by atoms with Gasteiger partial charge in [0, 0.05) is 18.7 Å². The zero-order chi connectivity index (χ0) is 23.9. The molecule has 3 aromatic rings. The predicted octanol–water partition coefficient (Wildman–Crippen LogP) is 5.04. The number of benzene rings is 2. The van der Waals surface area contributed by atoms with E-state index in [1.165, 1.54) is 12.1 Å². The first-order valence-corrected chi connectivity index (χ1v) is 11.4. The molecular formula is C25H22ClFN4O3. The molecule has 0 amide bonds. The first-order valence-electron chi connectivity index (χ1n) is 11.0. The summed E-state index contributed by atoms with van der Waals surface area (Å²) in [4.78, 5) is 19.0. The largest absolute Gasteiger partial charge is 0.473 e. The van der Waals surface area contributed by atoms with Crippen LogP contribution in [0.25, 0.3) is 0 Å². The van der Waals surface area contributed by atoms with Crippen molar-refractivity contribution in [1.29, 1.82) is 5.26 Å². The molecule has 174 valence electrons. The van der Waals surface area contributed by atoms with Crippen LogP contribution < -0.4 is 20.1 Å². The van der Waals surface area contributed by atoms with Crippen LogP contribution in [0.4, 0.5) is 10.2 Å². The van der Waals surface area contributed by atoms with Crippen molar-refractivity contribution in [2.45, 2.75) is 44.9 Å². The zero-order valence-electron chi connectivity index (χ0n) is 18.6. The van der Waals surface area contributed by atoms with Crippen LogP contribution >= 0.6 is 11.6 Å². The average molecular weight is 481 g/mol. The number of aromatic nitrogens is 2. The lowest BCUT2D eigenvalue weighted by Gasteiger charge is -2.40. The first kappa shape index (κ1) is 22.2. The van der Waals surface area contributed by atoms with Gasteiger partial charge in [0.15, 0.2) is 0 Å². The normalized spacial score (nSPS) is 18.7. The summed E-state index contributed by atoms with van der Waals surface area (Å²) in [5.41, 5.74) is 0.591. The van der Waals surface area contributed by atoms with E-state index in [0.717, 1.165) is 37.7 Å². The number of halogens is 2. The smallest absolute Gasteiger partial charge is 0.352 e. The van der Waals surface area contributed by atoms with Crippen molar-refractivity contribution in [3.05, 3.63) is 74.9 Å². The fourth-order valence-electron chi connectivity index (χ4n) is 4.66. The maximum absolute atomic E-state index is 13.7. The fraction of sp³-hybridized carbons (Fsp3) is 0.320. The molecule has 1 atom stereocenters. The Bertz CT molecular complexity index is 1370. The molecule has 1 unspecified atom stereocenters. The van der Waals surface area contributed by atoms with Crippen LogP contribution in [0.3, 0.4) is 0 Å². The Morgan fingerprint density at radius 1 is 1.24 bits per heavy atom. The Morgan fingerprint density at radius 2 is 2.09 bits per heavy atom. The molecule has 0 saturated carbocycles. The molecule has 2 aliphatic heterocycles. The van der Waals surface area contributed by atoms with Gasteiger partial charge in [-0.1, -0.05) is 17.7 Å². The van der Waals surface area contributed by atoms with E-state index < -0.39 is 5.82 Å². The van der Waals surface area contributed by atoms with Gasteiger partial charge in [-0.3, -0.25) is 4.57 Å². The van der Waals surface area contributed by atoms with Crippen LogP contribution in [0.2, 0.25) is 5.02 Å². The number of anilines is 1. The molecule has 0 radical (unpaired) electrons. The van der Waals surface area contributed by atoms with Gasteiger partial charge >= 0.3 is 5.69 Å². The van der Waals surface area contributed by atoms with Crippen LogP contribution in [-0.4, -0.2) is 21.6 Å². The quantitative estimate of drug-likeness (QED) is 0.509. The van der Waals surface area contributed by atoms with E-state index in [9.17, 15) is 14.4 Å². The summed E-state index contributed by atoms with van der Waals surface area (Å²) in [5, 5.41) is 9.54. The van der Waals surface area contributed by atoms with E-state index in [2.05, 4.69) is 22.9 Å². The standard InChI is InChI=1S/C25H22ClFN4O3/c1-25-8-2-3-9-31(25)23-12-22(29-24(32)30(23)15-25)33-14-16-4-7-21(17(10-16)13-28)34-18-5-6-19(26)20(27)11-18/h4-7,10-12H,2-3,8-9,14-15H2,1H3. The molecule has 0 aliphatic carbocycles. The molecule has 7 nitrogen and oxygen atoms in total. The molecule has 5 rings (SSSR count). The van der Waals surface area contributed by atoms with E-state index in [4.69, 9.17) is 21.1 Å². The van der Waals surface area contributed by atoms with Gasteiger partial charge in [-0.25, -0.2) is 9.18 Å². The topological polar surface area (TPSA) is 80.4 Å². The van der Waals surface area contributed by atoms with Gasteiger partial charge in [0.05, 0.1) is 22.7 Å². The van der Waals surface area contributed by atoms with E-state index >= 15 is 0 Å². The van der Waals surface area contributed by atoms with Gasteiger partial charge < -0.3 is 14.4 Å². The highest BCUT2D eigenvalue weighted by Crippen LogP contribution is 2.39. The number of hydrogen-bond donors (Lipinski definition) is 0. The van der Waals surface area contributed by atoms with Crippen molar-refractivity contribution in [2.24, 2.45) is 0 Å². The summed E-state index contributed by atoms with van der Waals surface area (Å²) in [7, 11) is 0. The van der Waals surface area contributed by atoms with Crippen molar-refractivity contribution in [1.82, 2.24) is 9.55 Å². The van der Waals surface area contributed by atoms with Crippen LogP contribution in [0, 0.1) is 17.1 Å². The van der Waals surface area contributed by atoms with Crippen molar-refractivity contribution in [3.8, 4) is 23.4 Å². The highest BCUT2D eigenvalue weighted by atomic mass is 35.5. The number of ether oxygens (including phenoxy) is 2. The zero-order valence-corrected chi connectivity index (χ0v) is 19.3. The molecule has 9 heteroatoms. The molecule has 0 N–H and O–H groups in total. The molecule has 0 bridgehead atoms. The Labute approximate surface area is 200 Å². The lowest BCUT2D eigenvalue weighted by molar-refractivity contribution is 0.291. The number of nitriles is 1. The Hall–Kier alpha value is -3.57. The van der Waals surface area contributed by atoms with Gasteiger partial charge in [0.25, 0.3) is 0 Å². The summed E-state index contributed by atoms with van der Waals surface area (Å²) in [6.07, 6.45) is 3.29.